The van der Waals surface area contributed by atoms with Crippen LogP contribution < -0.4 is 10.0 Å². The first-order valence-electron chi connectivity index (χ1n) is 7.05. The summed E-state index contributed by atoms with van der Waals surface area (Å²) in [6.45, 7) is 2.57. The number of sulfonamides is 1. The number of amides is 1. The van der Waals surface area contributed by atoms with Crippen molar-refractivity contribution < 1.29 is 13.2 Å². The molecule has 7 heteroatoms. The van der Waals surface area contributed by atoms with Gasteiger partial charge in [0, 0.05) is 23.1 Å². The molecular weight excluding hydrogens is 380 g/mol. The van der Waals surface area contributed by atoms with E-state index in [4.69, 9.17) is 0 Å². The molecule has 0 bridgehead atoms. The molecule has 0 radical (unpaired) electrons. The van der Waals surface area contributed by atoms with E-state index in [1.807, 2.05) is 6.92 Å². The highest BCUT2D eigenvalue weighted by molar-refractivity contribution is 9.10. The zero-order valence-electron chi connectivity index (χ0n) is 12.5. The Kier molecular flexibility index (Phi) is 5.92. The second kappa shape index (κ2) is 7.72. The van der Waals surface area contributed by atoms with Crippen molar-refractivity contribution in [3.8, 4) is 0 Å². The van der Waals surface area contributed by atoms with Crippen LogP contribution in [0.3, 0.4) is 0 Å². The van der Waals surface area contributed by atoms with Gasteiger partial charge >= 0.3 is 0 Å². The summed E-state index contributed by atoms with van der Waals surface area (Å²) in [6.07, 6.45) is 0. The van der Waals surface area contributed by atoms with Crippen molar-refractivity contribution in [2.24, 2.45) is 0 Å². The minimum absolute atomic E-state index is 0.144. The molecule has 0 heterocycles. The SMILES string of the molecule is CCNC(=O)c1ccc(CNS(=O)(=O)c2ccc(Br)cc2)cc1. The Hall–Kier alpha value is -1.70. The van der Waals surface area contributed by atoms with Crippen molar-refractivity contribution in [1.29, 1.82) is 0 Å². The zero-order valence-corrected chi connectivity index (χ0v) is 14.9. The fourth-order valence-electron chi connectivity index (χ4n) is 1.91. The van der Waals surface area contributed by atoms with Crippen LogP contribution in [0.15, 0.2) is 57.9 Å². The number of carbonyl (C=O) groups is 1. The fraction of sp³-hybridized carbons (Fsp3) is 0.188. The number of halogens is 1. The molecule has 2 N–H and O–H groups in total. The van der Waals surface area contributed by atoms with Gasteiger partial charge in [0.2, 0.25) is 10.0 Å². The lowest BCUT2D eigenvalue weighted by atomic mass is 10.1. The van der Waals surface area contributed by atoms with Gasteiger partial charge in [-0.2, -0.15) is 0 Å². The molecule has 0 fully saturated rings. The Labute approximate surface area is 144 Å². The molecule has 1 amide bonds. The lowest BCUT2D eigenvalue weighted by Crippen LogP contribution is -2.24. The van der Waals surface area contributed by atoms with E-state index in [1.165, 1.54) is 12.1 Å². The molecule has 0 saturated heterocycles. The van der Waals surface area contributed by atoms with E-state index >= 15 is 0 Å². The second-order valence-electron chi connectivity index (χ2n) is 4.83. The largest absolute Gasteiger partial charge is 0.352 e. The van der Waals surface area contributed by atoms with Gasteiger partial charge < -0.3 is 5.32 Å². The highest BCUT2D eigenvalue weighted by atomic mass is 79.9. The van der Waals surface area contributed by atoms with Gasteiger partial charge in [-0.05, 0) is 48.9 Å². The highest BCUT2D eigenvalue weighted by Gasteiger charge is 2.13. The van der Waals surface area contributed by atoms with Crippen LogP contribution in [0.1, 0.15) is 22.8 Å². The highest BCUT2D eigenvalue weighted by Crippen LogP contribution is 2.15. The normalized spacial score (nSPS) is 11.2. The number of nitrogens with one attached hydrogen (secondary N) is 2. The number of rotatable bonds is 6. The summed E-state index contributed by atoms with van der Waals surface area (Å²) in [7, 11) is -3.56. The fourth-order valence-corrected chi connectivity index (χ4v) is 3.19. The summed E-state index contributed by atoms with van der Waals surface area (Å²) >= 11 is 3.27. The van der Waals surface area contributed by atoms with Gasteiger partial charge in [-0.1, -0.05) is 28.1 Å². The second-order valence-corrected chi connectivity index (χ2v) is 7.52. The molecule has 5 nitrogen and oxygen atoms in total. The number of hydrogen-bond donors (Lipinski definition) is 2. The molecule has 0 aliphatic rings. The first-order valence-corrected chi connectivity index (χ1v) is 9.32. The first kappa shape index (κ1) is 17.7. The van der Waals surface area contributed by atoms with Gasteiger partial charge in [-0.15, -0.1) is 0 Å². The topological polar surface area (TPSA) is 75.3 Å². The summed E-state index contributed by atoms with van der Waals surface area (Å²) < 4.78 is 27.7. The predicted molar refractivity (Wildman–Crippen MR) is 92.6 cm³/mol. The lowest BCUT2D eigenvalue weighted by Gasteiger charge is -2.08. The molecule has 0 spiro atoms. The molecule has 0 aromatic heterocycles. The maximum absolute atomic E-state index is 12.2. The minimum atomic E-state index is -3.56. The molecule has 0 aliphatic heterocycles. The summed E-state index contributed by atoms with van der Waals surface area (Å²) in [6, 6.07) is 13.2. The van der Waals surface area contributed by atoms with E-state index < -0.39 is 10.0 Å². The van der Waals surface area contributed by atoms with Crippen molar-refractivity contribution in [3.63, 3.8) is 0 Å². The quantitative estimate of drug-likeness (QED) is 0.787. The third kappa shape index (κ3) is 4.89. The van der Waals surface area contributed by atoms with Crippen LogP contribution in [0.2, 0.25) is 0 Å². The van der Waals surface area contributed by atoms with E-state index in [-0.39, 0.29) is 17.3 Å². The van der Waals surface area contributed by atoms with Crippen LogP contribution >= 0.6 is 15.9 Å². The molecule has 23 heavy (non-hydrogen) atoms. The first-order chi connectivity index (χ1) is 10.9. The Morgan fingerprint density at radius 2 is 1.65 bits per heavy atom. The number of hydrogen-bond acceptors (Lipinski definition) is 3. The average Bonchev–Trinajstić information content (AvgIpc) is 2.54. The predicted octanol–water partition coefficient (Wildman–Crippen LogP) is 2.68. The summed E-state index contributed by atoms with van der Waals surface area (Å²) in [4.78, 5) is 11.9. The van der Waals surface area contributed by atoms with Gasteiger partial charge in [0.15, 0.2) is 0 Å². The van der Waals surface area contributed by atoms with E-state index in [0.29, 0.717) is 12.1 Å². The average molecular weight is 397 g/mol. The molecule has 0 saturated carbocycles. The van der Waals surface area contributed by atoms with Crippen molar-refractivity contribution in [2.45, 2.75) is 18.4 Å². The van der Waals surface area contributed by atoms with Gasteiger partial charge in [0.1, 0.15) is 0 Å². The smallest absolute Gasteiger partial charge is 0.251 e. The van der Waals surface area contributed by atoms with Crippen LogP contribution in [-0.4, -0.2) is 20.9 Å². The Balaban J connectivity index is 2.02. The monoisotopic (exact) mass is 396 g/mol. The standard InChI is InChI=1S/C16H17BrN2O3S/c1-2-18-16(20)13-5-3-12(4-6-13)11-19-23(21,22)15-9-7-14(17)8-10-15/h3-10,19H,2,11H2,1H3,(H,18,20). The van der Waals surface area contributed by atoms with Crippen LogP contribution in [0.4, 0.5) is 0 Å². The zero-order chi connectivity index (χ0) is 16.9. The third-order valence-electron chi connectivity index (χ3n) is 3.14. The van der Waals surface area contributed by atoms with E-state index in [9.17, 15) is 13.2 Å². The van der Waals surface area contributed by atoms with Crippen molar-refractivity contribution in [2.75, 3.05) is 6.54 Å². The van der Waals surface area contributed by atoms with E-state index in [0.717, 1.165) is 10.0 Å². The van der Waals surface area contributed by atoms with Crippen molar-refractivity contribution in [1.82, 2.24) is 10.0 Å². The molecule has 122 valence electrons. The molecule has 0 unspecified atom stereocenters. The maximum atomic E-state index is 12.2. The van der Waals surface area contributed by atoms with Crippen LogP contribution in [-0.2, 0) is 16.6 Å². The van der Waals surface area contributed by atoms with Crippen LogP contribution in [0.25, 0.3) is 0 Å². The van der Waals surface area contributed by atoms with Crippen molar-refractivity contribution >= 4 is 31.9 Å². The molecule has 2 rings (SSSR count). The molecule has 0 atom stereocenters. The molecule has 0 aliphatic carbocycles. The van der Waals surface area contributed by atoms with Gasteiger partial charge in [0.05, 0.1) is 4.90 Å². The van der Waals surface area contributed by atoms with E-state index in [1.54, 1.807) is 36.4 Å². The van der Waals surface area contributed by atoms with E-state index in [2.05, 4.69) is 26.0 Å². The maximum Gasteiger partial charge on any atom is 0.251 e. The van der Waals surface area contributed by atoms with Gasteiger partial charge in [-0.25, -0.2) is 13.1 Å². The lowest BCUT2D eigenvalue weighted by molar-refractivity contribution is 0.0956. The summed E-state index contributed by atoms with van der Waals surface area (Å²) in [5.74, 6) is -0.144. The Morgan fingerprint density at radius 1 is 1.04 bits per heavy atom. The number of carbonyl (C=O) groups excluding carboxylic acids is 1. The van der Waals surface area contributed by atoms with Gasteiger partial charge in [0.25, 0.3) is 5.91 Å². The molecule has 2 aromatic carbocycles. The van der Waals surface area contributed by atoms with Crippen molar-refractivity contribution in [3.05, 3.63) is 64.1 Å². The minimum Gasteiger partial charge on any atom is -0.352 e. The molecular formula is C16H17BrN2O3S. The summed E-state index contributed by atoms with van der Waals surface area (Å²) in [5, 5.41) is 2.71. The number of benzene rings is 2. The molecule has 2 aromatic rings. The van der Waals surface area contributed by atoms with Crippen LogP contribution in [0.5, 0.6) is 0 Å². The van der Waals surface area contributed by atoms with Crippen LogP contribution in [0, 0.1) is 0 Å². The Morgan fingerprint density at radius 3 is 2.22 bits per heavy atom. The third-order valence-corrected chi connectivity index (χ3v) is 5.09. The van der Waals surface area contributed by atoms with Gasteiger partial charge in [-0.3, -0.25) is 4.79 Å². The Bertz CT molecular complexity index is 772. The summed E-state index contributed by atoms with van der Waals surface area (Å²) in [5.41, 5.74) is 1.32.